The molecule has 3 heteroatoms. The van der Waals surface area contributed by atoms with Gasteiger partial charge in [0, 0.05) is 10.9 Å². The van der Waals surface area contributed by atoms with Crippen LogP contribution in [-0.2, 0) is 6.54 Å². The highest BCUT2D eigenvalue weighted by Gasteiger charge is 2.06. The highest BCUT2D eigenvalue weighted by atomic mass is 32.1. The van der Waals surface area contributed by atoms with Gasteiger partial charge in [-0.15, -0.1) is 11.3 Å². The van der Waals surface area contributed by atoms with E-state index in [0.717, 1.165) is 6.54 Å². The summed E-state index contributed by atoms with van der Waals surface area (Å²) in [5, 5.41) is 10.8. The van der Waals surface area contributed by atoms with Crippen molar-refractivity contribution in [1.29, 1.82) is 5.26 Å². The van der Waals surface area contributed by atoms with Gasteiger partial charge in [0.25, 0.3) is 0 Å². The highest BCUT2D eigenvalue weighted by Crippen LogP contribution is 2.12. The molecular formula is C9H12N2S. The first-order chi connectivity index (χ1) is 5.74. The molecule has 2 nitrogen and oxygen atoms in total. The van der Waals surface area contributed by atoms with Crippen molar-refractivity contribution < 1.29 is 0 Å². The zero-order chi connectivity index (χ0) is 8.97. The van der Waals surface area contributed by atoms with E-state index in [1.807, 2.05) is 25.3 Å². The average molecular weight is 180 g/mol. The molecule has 0 N–H and O–H groups in total. The molecule has 0 aliphatic heterocycles. The van der Waals surface area contributed by atoms with Gasteiger partial charge in [-0.3, -0.25) is 0 Å². The van der Waals surface area contributed by atoms with Crippen molar-refractivity contribution in [1.82, 2.24) is 4.90 Å². The predicted octanol–water partition coefficient (Wildman–Crippen LogP) is 2.44. The molecule has 1 rings (SSSR count). The maximum Gasteiger partial charge on any atom is 0.179 e. The molecule has 0 aliphatic rings. The van der Waals surface area contributed by atoms with Gasteiger partial charge in [-0.1, -0.05) is 6.07 Å². The maximum atomic E-state index is 8.78. The number of nitriles is 1. The summed E-state index contributed by atoms with van der Waals surface area (Å²) in [7, 11) is 0. The van der Waals surface area contributed by atoms with Crippen LogP contribution >= 0.6 is 11.3 Å². The fraction of sp³-hybridized carbons (Fsp3) is 0.444. The van der Waals surface area contributed by atoms with Gasteiger partial charge in [-0.25, -0.2) is 0 Å². The fourth-order valence-electron chi connectivity index (χ4n) is 0.904. The van der Waals surface area contributed by atoms with Crippen LogP contribution in [0.25, 0.3) is 0 Å². The lowest BCUT2D eigenvalue weighted by Crippen LogP contribution is -2.24. The Morgan fingerprint density at radius 2 is 2.42 bits per heavy atom. The third-order valence-corrected chi connectivity index (χ3v) is 2.52. The molecule has 64 valence electrons. The number of rotatable bonds is 3. The Kier molecular flexibility index (Phi) is 3.12. The van der Waals surface area contributed by atoms with Crippen LogP contribution in [0.15, 0.2) is 17.5 Å². The first kappa shape index (κ1) is 9.08. The van der Waals surface area contributed by atoms with Crippen LogP contribution < -0.4 is 0 Å². The first-order valence-corrected chi connectivity index (χ1v) is 4.80. The lowest BCUT2D eigenvalue weighted by molar-refractivity contribution is 0.321. The van der Waals surface area contributed by atoms with Crippen LogP contribution in [0.1, 0.15) is 18.7 Å². The van der Waals surface area contributed by atoms with Crippen LogP contribution in [0.2, 0.25) is 0 Å². The molecular weight excluding hydrogens is 168 g/mol. The van der Waals surface area contributed by atoms with Crippen LogP contribution in [-0.4, -0.2) is 10.9 Å². The van der Waals surface area contributed by atoms with E-state index in [2.05, 4.69) is 12.3 Å². The lowest BCUT2D eigenvalue weighted by atomic mass is 10.3. The predicted molar refractivity (Wildman–Crippen MR) is 50.6 cm³/mol. The van der Waals surface area contributed by atoms with Gasteiger partial charge >= 0.3 is 0 Å². The minimum absolute atomic E-state index is 0.289. The summed E-state index contributed by atoms with van der Waals surface area (Å²) in [4.78, 5) is 3.01. The van der Waals surface area contributed by atoms with Gasteiger partial charge in [0.05, 0.1) is 6.54 Å². The number of hydrogen-bond acceptors (Lipinski definition) is 3. The Labute approximate surface area is 77.0 Å². The molecule has 0 unspecified atom stereocenters. The van der Waals surface area contributed by atoms with Crippen molar-refractivity contribution in [3.8, 4) is 6.19 Å². The smallest absolute Gasteiger partial charge is 0.179 e. The maximum absolute atomic E-state index is 8.78. The second-order valence-electron chi connectivity index (χ2n) is 2.90. The summed E-state index contributed by atoms with van der Waals surface area (Å²) in [6.07, 6.45) is 2.18. The van der Waals surface area contributed by atoms with E-state index in [-0.39, 0.29) is 6.04 Å². The van der Waals surface area contributed by atoms with E-state index in [9.17, 15) is 0 Å². The van der Waals surface area contributed by atoms with Crippen LogP contribution in [0, 0.1) is 11.5 Å². The van der Waals surface area contributed by atoms with Crippen LogP contribution in [0.4, 0.5) is 0 Å². The normalized spacial score (nSPS) is 9.83. The molecule has 0 aromatic carbocycles. The first-order valence-electron chi connectivity index (χ1n) is 3.93. The Morgan fingerprint density at radius 3 is 2.83 bits per heavy atom. The number of hydrogen-bond donors (Lipinski definition) is 0. The molecule has 1 heterocycles. The Morgan fingerprint density at radius 1 is 1.67 bits per heavy atom. The van der Waals surface area contributed by atoms with E-state index in [1.165, 1.54) is 4.88 Å². The Balaban J connectivity index is 2.56. The minimum Gasteiger partial charge on any atom is -0.303 e. The van der Waals surface area contributed by atoms with Gasteiger partial charge < -0.3 is 4.90 Å². The summed E-state index contributed by atoms with van der Waals surface area (Å²) in [6, 6.07) is 4.35. The van der Waals surface area contributed by atoms with Crippen LogP contribution in [0.3, 0.4) is 0 Å². The van der Waals surface area contributed by atoms with E-state index in [4.69, 9.17) is 5.26 Å². The molecule has 12 heavy (non-hydrogen) atoms. The van der Waals surface area contributed by atoms with E-state index < -0.39 is 0 Å². The number of nitrogens with zero attached hydrogens (tertiary/aromatic N) is 2. The molecule has 0 saturated carbocycles. The van der Waals surface area contributed by atoms with Gasteiger partial charge in [0.15, 0.2) is 6.19 Å². The molecule has 0 saturated heterocycles. The second-order valence-corrected chi connectivity index (χ2v) is 3.93. The van der Waals surface area contributed by atoms with Gasteiger partial charge in [0.1, 0.15) is 0 Å². The monoisotopic (exact) mass is 180 g/mol. The van der Waals surface area contributed by atoms with Crippen molar-refractivity contribution >= 4 is 11.3 Å². The van der Waals surface area contributed by atoms with Crippen molar-refractivity contribution in [3.05, 3.63) is 22.4 Å². The molecule has 0 bridgehead atoms. The molecule has 0 radical (unpaired) electrons. The highest BCUT2D eigenvalue weighted by molar-refractivity contribution is 7.09. The minimum atomic E-state index is 0.289. The Hall–Kier alpha value is -1.01. The summed E-state index contributed by atoms with van der Waals surface area (Å²) < 4.78 is 0. The van der Waals surface area contributed by atoms with Crippen molar-refractivity contribution in [2.24, 2.45) is 0 Å². The zero-order valence-corrected chi connectivity index (χ0v) is 8.14. The molecule has 0 fully saturated rings. The van der Waals surface area contributed by atoms with Crippen molar-refractivity contribution in [2.75, 3.05) is 0 Å². The van der Waals surface area contributed by atoms with E-state index >= 15 is 0 Å². The summed E-state index contributed by atoms with van der Waals surface area (Å²) in [5.41, 5.74) is 0. The largest absolute Gasteiger partial charge is 0.303 e. The molecule has 1 aromatic heterocycles. The SMILES string of the molecule is CC(C)N(C#N)Cc1cccs1. The lowest BCUT2D eigenvalue weighted by Gasteiger charge is -2.18. The third kappa shape index (κ3) is 2.24. The summed E-state index contributed by atoms with van der Waals surface area (Å²) in [5.74, 6) is 0. The van der Waals surface area contributed by atoms with Gasteiger partial charge in [-0.05, 0) is 25.3 Å². The topological polar surface area (TPSA) is 27.0 Å². The van der Waals surface area contributed by atoms with Crippen molar-refractivity contribution in [2.45, 2.75) is 26.4 Å². The summed E-state index contributed by atoms with van der Waals surface area (Å²) in [6.45, 7) is 4.79. The Bertz CT molecular complexity index is 259. The standard InChI is InChI=1S/C9H12N2S/c1-8(2)11(7-10)6-9-4-3-5-12-9/h3-5,8H,6H2,1-2H3. The quantitative estimate of drug-likeness (QED) is 0.527. The fourth-order valence-corrected chi connectivity index (χ4v) is 1.61. The average Bonchev–Trinajstić information content (AvgIpc) is 2.51. The zero-order valence-electron chi connectivity index (χ0n) is 7.32. The van der Waals surface area contributed by atoms with Gasteiger partial charge in [0.2, 0.25) is 0 Å². The van der Waals surface area contributed by atoms with Crippen LogP contribution in [0.5, 0.6) is 0 Å². The van der Waals surface area contributed by atoms with E-state index in [1.54, 1.807) is 16.2 Å². The third-order valence-electron chi connectivity index (χ3n) is 1.66. The molecule has 0 spiro atoms. The molecule has 0 amide bonds. The summed E-state index contributed by atoms with van der Waals surface area (Å²) >= 11 is 1.69. The van der Waals surface area contributed by atoms with Crippen molar-refractivity contribution in [3.63, 3.8) is 0 Å². The van der Waals surface area contributed by atoms with E-state index in [0.29, 0.717) is 0 Å². The molecule has 0 atom stereocenters. The second kappa shape index (κ2) is 4.13. The molecule has 0 aliphatic carbocycles. The van der Waals surface area contributed by atoms with Gasteiger partial charge in [-0.2, -0.15) is 5.26 Å². The number of thiophene rings is 1. The molecule has 1 aromatic rings.